The van der Waals surface area contributed by atoms with Crippen LogP contribution in [-0.4, -0.2) is 26.7 Å². The SMILES string of the molecule is Cn1nc2c(Br)c(C(=O)c3cc(F)ccc3Cl)c([N+](=O)[O-])cc2c1CCC(F)(F)F. The maximum atomic E-state index is 13.6. The van der Waals surface area contributed by atoms with E-state index in [-0.39, 0.29) is 31.7 Å². The van der Waals surface area contributed by atoms with E-state index in [9.17, 15) is 32.5 Å². The third-order valence-electron chi connectivity index (χ3n) is 4.41. The highest BCUT2D eigenvalue weighted by molar-refractivity contribution is 9.10. The van der Waals surface area contributed by atoms with Gasteiger partial charge in [-0.2, -0.15) is 18.3 Å². The number of aromatic nitrogens is 2. The number of nitro benzene ring substituents is 1. The molecule has 3 rings (SSSR count). The summed E-state index contributed by atoms with van der Waals surface area (Å²) in [5.41, 5.74) is -1.21. The van der Waals surface area contributed by atoms with Crippen molar-refractivity contribution in [3.8, 4) is 0 Å². The molecule has 0 aliphatic carbocycles. The Labute approximate surface area is 179 Å². The summed E-state index contributed by atoms with van der Waals surface area (Å²) in [6.45, 7) is 0. The smallest absolute Gasteiger partial charge is 0.288 e. The maximum Gasteiger partial charge on any atom is 0.389 e. The zero-order chi connectivity index (χ0) is 22.4. The molecule has 12 heteroatoms. The van der Waals surface area contributed by atoms with Crippen molar-refractivity contribution < 1.29 is 27.3 Å². The molecular weight excluding hydrogens is 498 g/mol. The number of carbonyl (C=O) groups excluding carboxylic acids is 1. The number of benzene rings is 2. The summed E-state index contributed by atoms with van der Waals surface area (Å²) in [6, 6.07) is 4.01. The number of aryl methyl sites for hydroxylation is 2. The molecule has 0 unspecified atom stereocenters. The van der Waals surface area contributed by atoms with E-state index < -0.39 is 46.8 Å². The van der Waals surface area contributed by atoms with Crippen LogP contribution in [0.5, 0.6) is 0 Å². The van der Waals surface area contributed by atoms with Crippen LogP contribution in [-0.2, 0) is 13.5 Å². The fourth-order valence-electron chi connectivity index (χ4n) is 3.05. The van der Waals surface area contributed by atoms with Crippen molar-refractivity contribution in [3.63, 3.8) is 0 Å². The van der Waals surface area contributed by atoms with Gasteiger partial charge in [0.1, 0.15) is 16.9 Å². The van der Waals surface area contributed by atoms with Gasteiger partial charge in [-0.3, -0.25) is 19.6 Å². The maximum absolute atomic E-state index is 13.6. The molecule has 0 saturated heterocycles. The second kappa shape index (κ2) is 7.95. The van der Waals surface area contributed by atoms with Crippen molar-refractivity contribution in [3.05, 3.63) is 66.5 Å². The van der Waals surface area contributed by atoms with Crippen LogP contribution in [0, 0.1) is 15.9 Å². The Bertz CT molecular complexity index is 1190. The van der Waals surface area contributed by atoms with E-state index in [2.05, 4.69) is 21.0 Å². The largest absolute Gasteiger partial charge is 0.389 e. The number of halogens is 6. The van der Waals surface area contributed by atoms with Crippen molar-refractivity contribution >= 4 is 49.9 Å². The number of carbonyl (C=O) groups is 1. The Hall–Kier alpha value is -2.53. The fraction of sp³-hybridized carbons (Fsp3) is 0.222. The first kappa shape index (κ1) is 22.2. The molecule has 1 heterocycles. The number of hydrogen-bond donors (Lipinski definition) is 0. The van der Waals surface area contributed by atoms with Gasteiger partial charge in [0.15, 0.2) is 0 Å². The van der Waals surface area contributed by atoms with Crippen LogP contribution in [0.4, 0.5) is 23.2 Å². The number of rotatable bonds is 5. The van der Waals surface area contributed by atoms with Gasteiger partial charge in [0, 0.05) is 36.2 Å². The average molecular weight is 509 g/mol. The van der Waals surface area contributed by atoms with Gasteiger partial charge in [0.2, 0.25) is 5.78 Å². The van der Waals surface area contributed by atoms with Crippen molar-refractivity contribution in [2.75, 3.05) is 0 Å². The topological polar surface area (TPSA) is 78.0 Å². The van der Waals surface area contributed by atoms with Gasteiger partial charge < -0.3 is 0 Å². The average Bonchev–Trinajstić information content (AvgIpc) is 2.96. The Morgan fingerprint density at radius 1 is 1.33 bits per heavy atom. The molecule has 0 atom stereocenters. The van der Waals surface area contributed by atoms with Crippen molar-refractivity contribution in [1.82, 2.24) is 9.78 Å². The minimum absolute atomic E-state index is 0.0659. The number of alkyl halides is 3. The van der Waals surface area contributed by atoms with E-state index in [1.165, 1.54) is 11.7 Å². The minimum Gasteiger partial charge on any atom is -0.288 e. The molecule has 0 amide bonds. The van der Waals surface area contributed by atoms with Gasteiger partial charge in [-0.05, 0) is 40.5 Å². The molecule has 0 spiro atoms. The monoisotopic (exact) mass is 507 g/mol. The lowest BCUT2D eigenvalue weighted by Gasteiger charge is -2.09. The number of ketones is 1. The third-order valence-corrected chi connectivity index (χ3v) is 5.51. The molecule has 30 heavy (non-hydrogen) atoms. The molecule has 0 N–H and O–H groups in total. The van der Waals surface area contributed by atoms with Gasteiger partial charge >= 0.3 is 6.18 Å². The second-order valence-electron chi connectivity index (χ2n) is 6.38. The van der Waals surface area contributed by atoms with Crippen LogP contribution in [0.2, 0.25) is 5.02 Å². The lowest BCUT2D eigenvalue weighted by Crippen LogP contribution is -2.10. The van der Waals surface area contributed by atoms with Crippen molar-refractivity contribution in [1.29, 1.82) is 0 Å². The number of fused-ring (bicyclic) bond motifs is 1. The predicted molar refractivity (Wildman–Crippen MR) is 104 cm³/mol. The van der Waals surface area contributed by atoms with E-state index in [1.54, 1.807) is 0 Å². The summed E-state index contributed by atoms with van der Waals surface area (Å²) < 4.78 is 52.7. The third kappa shape index (κ3) is 4.17. The highest BCUT2D eigenvalue weighted by atomic mass is 79.9. The highest BCUT2D eigenvalue weighted by Gasteiger charge is 2.32. The molecule has 3 aromatic rings. The van der Waals surface area contributed by atoms with Crippen molar-refractivity contribution in [2.24, 2.45) is 7.05 Å². The van der Waals surface area contributed by atoms with E-state index >= 15 is 0 Å². The zero-order valence-corrected chi connectivity index (χ0v) is 17.4. The van der Waals surface area contributed by atoms with Crippen molar-refractivity contribution in [2.45, 2.75) is 19.0 Å². The first-order chi connectivity index (χ1) is 13.9. The minimum atomic E-state index is -4.43. The molecule has 1 aromatic heterocycles. The van der Waals surface area contributed by atoms with Crippen LogP contribution in [0.25, 0.3) is 10.9 Å². The molecule has 0 bridgehead atoms. The molecule has 158 valence electrons. The first-order valence-electron chi connectivity index (χ1n) is 8.29. The molecule has 2 aromatic carbocycles. The molecule has 0 saturated carbocycles. The Morgan fingerprint density at radius 3 is 2.60 bits per heavy atom. The summed E-state index contributed by atoms with van der Waals surface area (Å²) in [7, 11) is 1.40. The summed E-state index contributed by atoms with van der Waals surface area (Å²) in [5.74, 6) is -1.70. The second-order valence-corrected chi connectivity index (χ2v) is 7.58. The van der Waals surface area contributed by atoms with Crippen LogP contribution in [0.15, 0.2) is 28.7 Å². The molecule has 0 aliphatic rings. The van der Waals surface area contributed by atoms with Gasteiger partial charge in [0.25, 0.3) is 5.69 Å². The molecule has 0 aliphatic heterocycles. The lowest BCUT2D eigenvalue weighted by molar-refractivity contribution is -0.385. The zero-order valence-electron chi connectivity index (χ0n) is 15.1. The lowest BCUT2D eigenvalue weighted by atomic mass is 9.99. The van der Waals surface area contributed by atoms with Crippen LogP contribution in [0.1, 0.15) is 28.0 Å². The summed E-state index contributed by atoms with van der Waals surface area (Å²) in [4.78, 5) is 23.8. The number of nitro groups is 1. The Morgan fingerprint density at radius 2 is 2.00 bits per heavy atom. The van der Waals surface area contributed by atoms with Gasteiger partial charge in [-0.1, -0.05) is 11.6 Å². The van der Waals surface area contributed by atoms with Gasteiger partial charge in [-0.15, -0.1) is 0 Å². The fourth-order valence-corrected chi connectivity index (χ4v) is 3.93. The van der Waals surface area contributed by atoms with Crippen LogP contribution < -0.4 is 0 Å². The summed E-state index contributed by atoms with van der Waals surface area (Å²) in [5, 5.41) is 15.8. The van der Waals surface area contributed by atoms with Gasteiger partial charge in [-0.25, -0.2) is 4.39 Å². The van der Waals surface area contributed by atoms with Gasteiger partial charge in [0.05, 0.1) is 14.4 Å². The predicted octanol–water partition coefficient (Wildman–Crippen LogP) is 5.76. The van der Waals surface area contributed by atoms with E-state index in [0.29, 0.717) is 0 Å². The van der Waals surface area contributed by atoms with E-state index in [0.717, 1.165) is 24.3 Å². The molecule has 0 radical (unpaired) electrons. The Balaban J connectivity index is 2.24. The quantitative estimate of drug-likeness (QED) is 0.190. The normalized spacial score (nSPS) is 11.8. The van der Waals surface area contributed by atoms with E-state index in [4.69, 9.17) is 11.6 Å². The number of nitrogens with zero attached hydrogens (tertiary/aromatic N) is 3. The first-order valence-corrected chi connectivity index (χ1v) is 9.46. The summed E-state index contributed by atoms with van der Waals surface area (Å²) >= 11 is 9.08. The highest BCUT2D eigenvalue weighted by Crippen LogP contribution is 2.38. The molecule has 0 fully saturated rings. The van der Waals surface area contributed by atoms with E-state index in [1.807, 2.05) is 0 Å². The number of hydrogen-bond acceptors (Lipinski definition) is 4. The van der Waals surface area contributed by atoms with Crippen LogP contribution in [0.3, 0.4) is 0 Å². The Kier molecular flexibility index (Phi) is 5.87. The standard InChI is InChI=1S/C18H11BrClF4N3O3/c1-26-12(4-5-18(22,23)24)10-7-13(27(29)30)14(15(19)16(10)25-26)17(28)9-6-8(21)2-3-11(9)20/h2-3,6-7H,4-5H2,1H3. The molecule has 6 nitrogen and oxygen atoms in total. The summed E-state index contributed by atoms with van der Waals surface area (Å²) in [6.07, 6.45) is -6.03. The van der Waals surface area contributed by atoms with Crippen LogP contribution >= 0.6 is 27.5 Å². The molecular formula is C18H11BrClF4N3O3.